The number of carbonyl (C=O) groups excluding carboxylic acids is 1. The van der Waals surface area contributed by atoms with Crippen LogP contribution < -0.4 is 10.2 Å². The van der Waals surface area contributed by atoms with Crippen molar-refractivity contribution in [2.75, 3.05) is 18.0 Å². The van der Waals surface area contributed by atoms with Crippen molar-refractivity contribution < 1.29 is 4.79 Å². The number of aryl methyl sites for hydroxylation is 3. The van der Waals surface area contributed by atoms with Gasteiger partial charge < -0.3 is 10.2 Å². The summed E-state index contributed by atoms with van der Waals surface area (Å²) in [6.07, 6.45) is 3.86. The van der Waals surface area contributed by atoms with E-state index in [2.05, 4.69) is 44.6 Å². The van der Waals surface area contributed by atoms with Gasteiger partial charge in [0, 0.05) is 31.0 Å². The molecule has 6 nitrogen and oxygen atoms in total. The fourth-order valence-electron chi connectivity index (χ4n) is 4.36. The maximum atomic E-state index is 13.2. The molecular formula is C24H31N5O. The molecule has 0 bridgehead atoms. The van der Waals surface area contributed by atoms with Crippen LogP contribution in [0.2, 0.25) is 0 Å². The van der Waals surface area contributed by atoms with Crippen LogP contribution in [0.3, 0.4) is 0 Å². The molecule has 30 heavy (non-hydrogen) atoms. The number of carbonyl (C=O) groups is 1. The number of amides is 1. The summed E-state index contributed by atoms with van der Waals surface area (Å²) in [5, 5.41) is 8.56. The highest BCUT2D eigenvalue weighted by Crippen LogP contribution is 2.25. The maximum absolute atomic E-state index is 13.2. The van der Waals surface area contributed by atoms with Gasteiger partial charge in [0.2, 0.25) is 0 Å². The summed E-state index contributed by atoms with van der Waals surface area (Å²) < 4.78 is 1.86. The number of nitrogens with one attached hydrogen (secondary N) is 1. The van der Waals surface area contributed by atoms with Gasteiger partial charge in [0.1, 0.15) is 0 Å². The number of fused-ring (bicyclic) bond motifs is 1. The molecule has 0 unspecified atom stereocenters. The monoisotopic (exact) mass is 405 g/mol. The highest BCUT2D eigenvalue weighted by molar-refractivity contribution is 6.06. The van der Waals surface area contributed by atoms with E-state index in [4.69, 9.17) is 0 Å². The fourth-order valence-corrected chi connectivity index (χ4v) is 4.36. The number of anilines is 1. The van der Waals surface area contributed by atoms with E-state index in [1.807, 2.05) is 38.4 Å². The Balaban J connectivity index is 1.54. The van der Waals surface area contributed by atoms with E-state index < -0.39 is 0 Å². The average Bonchev–Trinajstić information content (AvgIpc) is 3.09. The smallest absolute Gasteiger partial charge is 0.252 e. The first-order valence-corrected chi connectivity index (χ1v) is 11.0. The van der Waals surface area contributed by atoms with Gasteiger partial charge in [0.05, 0.1) is 22.7 Å². The number of aromatic nitrogens is 3. The summed E-state index contributed by atoms with van der Waals surface area (Å²) in [5.41, 5.74) is 5.45. The first-order valence-electron chi connectivity index (χ1n) is 11.0. The van der Waals surface area contributed by atoms with Crippen LogP contribution in [0.1, 0.15) is 66.5 Å². The van der Waals surface area contributed by atoms with Crippen molar-refractivity contribution in [3.05, 3.63) is 52.8 Å². The first-order chi connectivity index (χ1) is 14.5. The number of hydrogen-bond acceptors (Lipinski definition) is 4. The van der Waals surface area contributed by atoms with E-state index in [0.29, 0.717) is 5.56 Å². The maximum Gasteiger partial charge on any atom is 0.252 e. The van der Waals surface area contributed by atoms with Crippen LogP contribution in [-0.2, 0) is 6.54 Å². The lowest BCUT2D eigenvalue weighted by Gasteiger charge is -2.29. The van der Waals surface area contributed by atoms with Gasteiger partial charge in [-0.15, -0.1) is 0 Å². The van der Waals surface area contributed by atoms with E-state index in [1.54, 1.807) is 0 Å². The second-order valence-corrected chi connectivity index (χ2v) is 8.25. The molecule has 0 radical (unpaired) electrons. The number of hydrogen-bond donors (Lipinski definition) is 1. The van der Waals surface area contributed by atoms with Crippen LogP contribution in [0.15, 0.2) is 30.3 Å². The van der Waals surface area contributed by atoms with E-state index in [-0.39, 0.29) is 11.9 Å². The van der Waals surface area contributed by atoms with Crippen molar-refractivity contribution in [1.29, 1.82) is 0 Å². The van der Waals surface area contributed by atoms with E-state index in [1.165, 1.54) is 24.9 Å². The minimum atomic E-state index is -0.0862. The third-order valence-electron chi connectivity index (χ3n) is 6.01. The Morgan fingerprint density at radius 2 is 1.83 bits per heavy atom. The van der Waals surface area contributed by atoms with Crippen LogP contribution in [0.25, 0.3) is 11.0 Å². The van der Waals surface area contributed by atoms with Crippen LogP contribution in [-0.4, -0.2) is 33.8 Å². The van der Waals surface area contributed by atoms with E-state index >= 15 is 0 Å². The van der Waals surface area contributed by atoms with E-state index in [0.717, 1.165) is 47.6 Å². The van der Waals surface area contributed by atoms with Crippen LogP contribution in [0, 0.1) is 13.8 Å². The number of benzene rings is 1. The molecule has 1 amide bonds. The lowest BCUT2D eigenvalue weighted by atomic mass is 10.0. The Kier molecular flexibility index (Phi) is 5.75. The molecule has 4 rings (SSSR count). The Hall–Kier alpha value is -2.89. The summed E-state index contributed by atoms with van der Waals surface area (Å²) in [5.74, 6) is -0.0862. The summed E-state index contributed by atoms with van der Waals surface area (Å²) in [6.45, 7) is 10.9. The quantitative estimate of drug-likeness (QED) is 0.676. The highest BCUT2D eigenvalue weighted by Gasteiger charge is 2.20. The van der Waals surface area contributed by atoms with Gasteiger partial charge in [0.15, 0.2) is 5.65 Å². The molecule has 1 atom stereocenters. The van der Waals surface area contributed by atoms with Crippen molar-refractivity contribution >= 4 is 22.6 Å². The molecular weight excluding hydrogens is 374 g/mol. The molecule has 158 valence electrons. The molecule has 0 saturated carbocycles. The van der Waals surface area contributed by atoms with Crippen molar-refractivity contribution in [1.82, 2.24) is 20.1 Å². The largest absolute Gasteiger partial charge is 0.372 e. The average molecular weight is 406 g/mol. The van der Waals surface area contributed by atoms with Gasteiger partial charge in [-0.05, 0) is 70.7 Å². The second-order valence-electron chi connectivity index (χ2n) is 8.25. The second kappa shape index (κ2) is 8.46. The zero-order valence-electron chi connectivity index (χ0n) is 18.4. The molecule has 1 aromatic carbocycles. The Morgan fingerprint density at radius 3 is 2.50 bits per heavy atom. The molecule has 6 heteroatoms. The van der Waals surface area contributed by atoms with Gasteiger partial charge >= 0.3 is 0 Å². The fraction of sp³-hybridized carbons (Fsp3) is 0.458. The van der Waals surface area contributed by atoms with Crippen molar-refractivity contribution in [2.24, 2.45) is 0 Å². The molecule has 1 saturated heterocycles. The zero-order chi connectivity index (χ0) is 21.3. The predicted molar refractivity (Wildman–Crippen MR) is 121 cm³/mol. The van der Waals surface area contributed by atoms with Crippen LogP contribution >= 0.6 is 0 Å². The molecule has 0 aliphatic carbocycles. The minimum absolute atomic E-state index is 0.0852. The molecule has 1 aliphatic heterocycles. The number of nitrogens with zero attached hydrogens (tertiary/aromatic N) is 4. The third-order valence-corrected chi connectivity index (χ3v) is 6.01. The number of piperidine rings is 1. The Labute approximate surface area is 178 Å². The van der Waals surface area contributed by atoms with Crippen LogP contribution in [0.4, 0.5) is 5.69 Å². The molecule has 1 aliphatic rings. The lowest BCUT2D eigenvalue weighted by molar-refractivity contribution is 0.0941. The van der Waals surface area contributed by atoms with Crippen LogP contribution in [0.5, 0.6) is 0 Å². The third kappa shape index (κ3) is 3.91. The SMILES string of the molecule is CCn1nc(C)c2c(C(=O)N[C@@H](C)c3ccc(N4CCCCC4)cc3)cc(C)nc21. The molecule has 1 fully saturated rings. The summed E-state index contributed by atoms with van der Waals surface area (Å²) in [7, 11) is 0. The van der Waals surface area contributed by atoms with E-state index in [9.17, 15) is 4.79 Å². The summed E-state index contributed by atoms with van der Waals surface area (Å²) in [6, 6.07) is 10.4. The van der Waals surface area contributed by atoms with Crippen molar-refractivity contribution in [3.63, 3.8) is 0 Å². The minimum Gasteiger partial charge on any atom is -0.372 e. The highest BCUT2D eigenvalue weighted by atomic mass is 16.1. The van der Waals surface area contributed by atoms with Gasteiger partial charge in [0.25, 0.3) is 5.91 Å². The summed E-state index contributed by atoms with van der Waals surface area (Å²) >= 11 is 0. The topological polar surface area (TPSA) is 63.1 Å². The number of pyridine rings is 1. The van der Waals surface area contributed by atoms with Gasteiger partial charge in [-0.1, -0.05) is 12.1 Å². The molecule has 1 N–H and O–H groups in total. The zero-order valence-corrected chi connectivity index (χ0v) is 18.4. The van der Waals surface area contributed by atoms with Crippen molar-refractivity contribution in [2.45, 2.75) is 59.5 Å². The first kappa shape index (κ1) is 20.4. The van der Waals surface area contributed by atoms with Gasteiger partial charge in [-0.3, -0.25) is 4.79 Å². The predicted octanol–water partition coefficient (Wildman–Crippen LogP) is 4.55. The molecule has 3 heterocycles. The Morgan fingerprint density at radius 1 is 1.13 bits per heavy atom. The molecule has 2 aromatic heterocycles. The van der Waals surface area contributed by atoms with Gasteiger partial charge in [-0.25, -0.2) is 9.67 Å². The summed E-state index contributed by atoms with van der Waals surface area (Å²) in [4.78, 5) is 20.2. The Bertz CT molecular complexity index is 1050. The number of rotatable bonds is 5. The van der Waals surface area contributed by atoms with Crippen molar-refractivity contribution in [3.8, 4) is 0 Å². The molecule has 0 spiro atoms. The molecule has 3 aromatic rings. The lowest BCUT2D eigenvalue weighted by Crippen LogP contribution is -2.29. The van der Waals surface area contributed by atoms with Gasteiger partial charge in [-0.2, -0.15) is 5.10 Å². The standard InChI is InChI=1S/C24H31N5O/c1-5-29-23-22(18(4)27-29)21(15-16(2)25-23)24(30)26-17(3)19-9-11-20(12-10-19)28-13-7-6-8-14-28/h9-12,15,17H,5-8,13-14H2,1-4H3,(H,26,30)/t17-/m0/s1. The normalized spacial score (nSPS) is 15.4.